The van der Waals surface area contributed by atoms with Crippen LogP contribution in [0, 0.1) is 0 Å². The van der Waals surface area contributed by atoms with Crippen molar-refractivity contribution in [3.63, 3.8) is 0 Å². The first kappa shape index (κ1) is 11.6. The third-order valence-corrected chi connectivity index (χ3v) is 3.41. The molecule has 0 saturated heterocycles. The minimum absolute atomic E-state index is 0.414. The second-order valence-corrected chi connectivity index (χ2v) is 4.58. The number of aryl methyl sites for hydroxylation is 1. The summed E-state index contributed by atoms with van der Waals surface area (Å²) in [6.45, 7) is 2.13. The molecular weight excluding hydrogens is 202 g/mol. The molecule has 1 N–H and O–H groups in total. The summed E-state index contributed by atoms with van der Waals surface area (Å²) in [6.07, 6.45) is 6.94. The molecule has 2 atom stereocenters. The maximum atomic E-state index is 5.39. The molecule has 4 nitrogen and oxygen atoms in total. The molecule has 16 heavy (non-hydrogen) atoms. The van der Waals surface area contributed by atoms with E-state index in [0.29, 0.717) is 12.0 Å². The third kappa shape index (κ3) is 2.43. The van der Waals surface area contributed by atoms with Crippen LogP contribution in [0.3, 0.4) is 0 Å². The molecule has 0 aromatic carbocycles. The van der Waals surface area contributed by atoms with Gasteiger partial charge in [0, 0.05) is 12.5 Å². The largest absolute Gasteiger partial charge is 0.339 e. The summed E-state index contributed by atoms with van der Waals surface area (Å²) >= 11 is 0. The first-order valence-electron chi connectivity index (χ1n) is 6.35. The fraction of sp³-hybridized carbons (Fsp3) is 0.833. The van der Waals surface area contributed by atoms with Gasteiger partial charge in [-0.3, -0.25) is 0 Å². The summed E-state index contributed by atoms with van der Waals surface area (Å²) in [5.41, 5.74) is 0. The predicted molar refractivity (Wildman–Crippen MR) is 62.3 cm³/mol. The van der Waals surface area contributed by atoms with Gasteiger partial charge in [-0.2, -0.15) is 4.98 Å². The molecule has 0 spiro atoms. The van der Waals surface area contributed by atoms with Crippen LogP contribution in [-0.2, 0) is 6.42 Å². The van der Waals surface area contributed by atoms with E-state index in [9.17, 15) is 0 Å². The first-order valence-corrected chi connectivity index (χ1v) is 6.35. The molecule has 4 heteroatoms. The number of likely N-dealkylation sites (N-methyl/N-ethyl adjacent to an activating group) is 1. The van der Waals surface area contributed by atoms with Crippen LogP contribution in [0.15, 0.2) is 4.52 Å². The van der Waals surface area contributed by atoms with Crippen molar-refractivity contribution in [2.75, 3.05) is 7.05 Å². The second kappa shape index (κ2) is 5.43. The third-order valence-electron chi connectivity index (χ3n) is 3.41. The average molecular weight is 223 g/mol. The van der Waals surface area contributed by atoms with Crippen molar-refractivity contribution < 1.29 is 4.52 Å². The summed E-state index contributed by atoms with van der Waals surface area (Å²) in [4.78, 5) is 4.50. The van der Waals surface area contributed by atoms with Crippen molar-refractivity contribution in [1.29, 1.82) is 0 Å². The van der Waals surface area contributed by atoms with Crippen molar-refractivity contribution in [1.82, 2.24) is 15.5 Å². The van der Waals surface area contributed by atoms with Crippen LogP contribution in [0.25, 0.3) is 0 Å². The van der Waals surface area contributed by atoms with Crippen molar-refractivity contribution >= 4 is 0 Å². The predicted octanol–water partition coefficient (Wildman–Crippen LogP) is 2.27. The quantitative estimate of drug-likeness (QED) is 0.850. The SMILES string of the molecule is CCCc1noc(C2CCCCC2NC)n1. The summed E-state index contributed by atoms with van der Waals surface area (Å²) in [7, 11) is 2.02. The van der Waals surface area contributed by atoms with Crippen LogP contribution in [0.5, 0.6) is 0 Å². The lowest BCUT2D eigenvalue weighted by molar-refractivity contribution is 0.269. The van der Waals surface area contributed by atoms with Gasteiger partial charge in [-0.1, -0.05) is 24.9 Å². The van der Waals surface area contributed by atoms with E-state index < -0.39 is 0 Å². The Balaban J connectivity index is 2.08. The van der Waals surface area contributed by atoms with Crippen molar-refractivity contribution in [3.05, 3.63) is 11.7 Å². The molecule has 1 fully saturated rings. The Morgan fingerprint density at radius 3 is 2.94 bits per heavy atom. The highest BCUT2D eigenvalue weighted by atomic mass is 16.5. The van der Waals surface area contributed by atoms with Crippen molar-refractivity contribution in [3.8, 4) is 0 Å². The van der Waals surface area contributed by atoms with Gasteiger partial charge >= 0.3 is 0 Å². The van der Waals surface area contributed by atoms with Gasteiger partial charge in [-0.05, 0) is 26.3 Å². The zero-order chi connectivity index (χ0) is 11.4. The van der Waals surface area contributed by atoms with Crippen molar-refractivity contribution in [2.45, 2.75) is 57.4 Å². The van der Waals surface area contributed by atoms with Gasteiger partial charge in [0.15, 0.2) is 5.82 Å². The van der Waals surface area contributed by atoms with E-state index in [1.807, 2.05) is 7.05 Å². The molecule has 1 aliphatic carbocycles. The molecule has 1 saturated carbocycles. The summed E-state index contributed by atoms with van der Waals surface area (Å²) in [5.74, 6) is 2.11. The van der Waals surface area contributed by atoms with Crippen LogP contribution in [-0.4, -0.2) is 23.2 Å². The summed E-state index contributed by atoms with van der Waals surface area (Å²) in [5, 5.41) is 7.40. The Hall–Kier alpha value is -0.900. The molecule has 1 aromatic heterocycles. The highest BCUT2D eigenvalue weighted by molar-refractivity contribution is 5.01. The lowest BCUT2D eigenvalue weighted by Crippen LogP contribution is -2.34. The summed E-state index contributed by atoms with van der Waals surface area (Å²) in [6, 6.07) is 0.503. The number of aromatic nitrogens is 2. The minimum atomic E-state index is 0.414. The molecule has 1 heterocycles. The number of hydrogen-bond acceptors (Lipinski definition) is 4. The highest BCUT2D eigenvalue weighted by Crippen LogP contribution is 2.31. The molecule has 0 aliphatic heterocycles. The Kier molecular flexibility index (Phi) is 3.93. The minimum Gasteiger partial charge on any atom is -0.339 e. The molecule has 2 rings (SSSR count). The lowest BCUT2D eigenvalue weighted by atomic mass is 9.84. The van der Waals surface area contributed by atoms with E-state index in [2.05, 4.69) is 22.4 Å². The Morgan fingerprint density at radius 2 is 2.19 bits per heavy atom. The van der Waals surface area contributed by atoms with E-state index >= 15 is 0 Å². The monoisotopic (exact) mass is 223 g/mol. The molecular formula is C12H21N3O. The molecule has 0 radical (unpaired) electrons. The van der Waals surface area contributed by atoms with Gasteiger partial charge in [-0.25, -0.2) is 0 Å². The number of rotatable bonds is 4. The van der Waals surface area contributed by atoms with Crippen LogP contribution in [0.4, 0.5) is 0 Å². The topological polar surface area (TPSA) is 51.0 Å². The van der Waals surface area contributed by atoms with Gasteiger partial charge in [0.1, 0.15) is 0 Å². The number of hydrogen-bond donors (Lipinski definition) is 1. The van der Waals surface area contributed by atoms with Crippen LogP contribution in [0.1, 0.15) is 56.7 Å². The molecule has 2 unspecified atom stereocenters. The molecule has 0 amide bonds. The van der Waals surface area contributed by atoms with Gasteiger partial charge < -0.3 is 9.84 Å². The normalized spacial score (nSPS) is 25.9. The van der Waals surface area contributed by atoms with E-state index in [4.69, 9.17) is 4.52 Å². The van der Waals surface area contributed by atoms with Gasteiger partial charge in [0.25, 0.3) is 0 Å². The van der Waals surface area contributed by atoms with E-state index in [-0.39, 0.29) is 0 Å². The van der Waals surface area contributed by atoms with E-state index in [1.165, 1.54) is 25.7 Å². The fourth-order valence-electron chi connectivity index (χ4n) is 2.52. The Morgan fingerprint density at radius 1 is 1.38 bits per heavy atom. The average Bonchev–Trinajstić information content (AvgIpc) is 2.78. The molecule has 1 aliphatic rings. The summed E-state index contributed by atoms with van der Waals surface area (Å²) < 4.78 is 5.39. The lowest BCUT2D eigenvalue weighted by Gasteiger charge is -2.28. The fourth-order valence-corrected chi connectivity index (χ4v) is 2.52. The van der Waals surface area contributed by atoms with Gasteiger partial charge in [0.05, 0.1) is 5.92 Å². The van der Waals surface area contributed by atoms with Crippen molar-refractivity contribution in [2.24, 2.45) is 0 Å². The van der Waals surface area contributed by atoms with Gasteiger partial charge in [-0.15, -0.1) is 0 Å². The van der Waals surface area contributed by atoms with E-state index in [0.717, 1.165) is 24.6 Å². The smallest absolute Gasteiger partial charge is 0.231 e. The maximum Gasteiger partial charge on any atom is 0.231 e. The Bertz CT molecular complexity index is 324. The molecule has 90 valence electrons. The Labute approximate surface area is 96.8 Å². The highest BCUT2D eigenvalue weighted by Gasteiger charge is 2.29. The van der Waals surface area contributed by atoms with Crippen LogP contribution in [0.2, 0.25) is 0 Å². The maximum absolute atomic E-state index is 5.39. The molecule has 1 aromatic rings. The van der Waals surface area contributed by atoms with Crippen LogP contribution >= 0.6 is 0 Å². The second-order valence-electron chi connectivity index (χ2n) is 4.58. The van der Waals surface area contributed by atoms with Crippen LogP contribution < -0.4 is 5.32 Å². The first-order chi connectivity index (χ1) is 7.85. The number of nitrogens with zero attached hydrogens (tertiary/aromatic N) is 2. The number of nitrogens with one attached hydrogen (secondary N) is 1. The zero-order valence-corrected chi connectivity index (χ0v) is 10.2. The zero-order valence-electron chi connectivity index (χ0n) is 10.2. The standard InChI is InChI=1S/C12H21N3O/c1-3-6-11-14-12(16-15-11)9-7-4-5-8-10(9)13-2/h9-10,13H,3-8H2,1-2H3. The molecule has 0 bridgehead atoms. The van der Waals surface area contributed by atoms with Gasteiger partial charge in [0.2, 0.25) is 5.89 Å². The van der Waals surface area contributed by atoms with E-state index in [1.54, 1.807) is 0 Å².